The van der Waals surface area contributed by atoms with E-state index < -0.39 is 11.8 Å². The molecule has 0 unspecified atom stereocenters. The molecule has 0 bridgehead atoms. The number of carbonyl (C=O) groups is 2. The van der Waals surface area contributed by atoms with E-state index in [9.17, 15) is 9.59 Å². The van der Waals surface area contributed by atoms with E-state index in [0.29, 0.717) is 28.1 Å². The van der Waals surface area contributed by atoms with Crippen molar-refractivity contribution in [3.05, 3.63) is 82.1 Å². The molecule has 7 heteroatoms. The molecule has 3 aromatic rings. The Morgan fingerprint density at radius 3 is 2.47 bits per heavy atom. The molecular weight excluding hydrogens is 444 g/mol. The van der Waals surface area contributed by atoms with Gasteiger partial charge in [-0.1, -0.05) is 43.6 Å². The average molecular weight is 465 g/mol. The molecule has 5 nitrogen and oxygen atoms in total. The predicted octanol–water partition coefficient (Wildman–Crippen LogP) is 5.86. The lowest BCUT2D eigenvalue weighted by molar-refractivity contribution is -0.122. The zero-order valence-corrected chi connectivity index (χ0v) is 19.4. The second-order valence-electron chi connectivity index (χ2n) is 7.87. The van der Waals surface area contributed by atoms with Crippen LogP contribution >= 0.6 is 23.8 Å². The number of hydrogen-bond acceptors (Lipinski definition) is 4. The van der Waals surface area contributed by atoms with Crippen molar-refractivity contribution in [2.75, 3.05) is 4.90 Å². The van der Waals surface area contributed by atoms with Gasteiger partial charge in [-0.05, 0) is 78.7 Å². The number of nitrogens with one attached hydrogen (secondary N) is 1. The summed E-state index contributed by atoms with van der Waals surface area (Å²) in [6.45, 7) is 6.14. The number of furan rings is 1. The van der Waals surface area contributed by atoms with Gasteiger partial charge in [0, 0.05) is 10.6 Å². The summed E-state index contributed by atoms with van der Waals surface area (Å²) in [6, 6.07) is 16.5. The lowest BCUT2D eigenvalue weighted by Gasteiger charge is -2.29. The summed E-state index contributed by atoms with van der Waals surface area (Å²) in [4.78, 5) is 27.1. The second-order valence-corrected chi connectivity index (χ2v) is 8.69. The van der Waals surface area contributed by atoms with Crippen molar-refractivity contribution >= 4 is 52.5 Å². The maximum atomic E-state index is 13.2. The fraction of sp³-hybridized carbons (Fsp3) is 0.160. The third-order valence-corrected chi connectivity index (χ3v) is 5.82. The highest BCUT2D eigenvalue weighted by atomic mass is 35.5. The van der Waals surface area contributed by atoms with Crippen molar-refractivity contribution in [1.29, 1.82) is 0 Å². The lowest BCUT2D eigenvalue weighted by atomic mass is 10.0. The van der Waals surface area contributed by atoms with Gasteiger partial charge in [0.2, 0.25) is 0 Å². The molecule has 0 saturated carbocycles. The highest BCUT2D eigenvalue weighted by Gasteiger charge is 2.34. The Morgan fingerprint density at radius 2 is 1.78 bits per heavy atom. The van der Waals surface area contributed by atoms with Crippen LogP contribution in [0.15, 0.2) is 64.6 Å². The van der Waals surface area contributed by atoms with Crippen LogP contribution in [0.2, 0.25) is 5.02 Å². The average Bonchev–Trinajstić information content (AvgIpc) is 3.21. The lowest BCUT2D eigenvalue weighted by Crippen LogP contribution is -2.54. The number of carbonyl (C=O) groups excluding carboxylic acids is 2. The number of thiocarbonyl (C=S) groups is 1. The zero-order chi connectivity index (χ0) is 23.0. The van der Waals surface area contributed by atoms with E-state index in [4.69, 9.17) is 28.2 Å². The monoisotopic (exact) mass is 464 g/mol. The van der Waals surface area contributed by atoms with Crippen molar-refractivity contribution in [2.45, 2.75) is 26.7 Å². The molecule has 32 heavy (non-hydrogen) atoms. The fourth-order valence-electron chi connectivity index (χ4n) is 3.48. The number of halogens is 1. The largest absolute Gasteiger partial charge is 0.457 e. The van der Waals surface area contributed by atoms with E-state index in [1.807, 2.05) is 49.4 Å². The third-order valence-electron chi connectivity index (χ3n) is 5.30. The minimum atomic E-state index is -0.563. The summed E-state index contributed by atoms with van der Waals surface area (Å²) >= 11 is 11.4. The molecule has 0 aliphatic carbocycles. The van der Waals surface area contributed by atoms with Crippen LogP contribution in [0.5, 0.6) is 0 Å². The molecule has 1 aromatic heterocycles. The van der Waals surface area contributed by atoms with Gasteiger partial charge in [0.1, 0.15) is 17.1 Å². The number of rotatable bonds is 4. The van der Waals surface area contributed by atoms with Gasteiger partial charge in [-0.15, -0.1) is 0 Å². The Labute approximate surface area is 196 Å². The van der Waals surface area contributed by atoms with Gasteiger partial charge >= 0.3 is 0 Å². The normalized spacial score (nSPS) is 15.6. The Morgan fingerprint density at radius 1 is 1.06 bits per heavy atom. The van der Waals surface area contributed by atoms with Gasteiger partial charge in [0.25, 0.3) is 11.8 Å². The molecule has 162 valence electrons. The van der Waals surface area contributed by atoms with Crippen LogP contribution in [0.4, 0.5) is 5.69 Å². The van der Waals surface area contributed by atoms with Crippen molar-refractivity contribution < 1.29 is 14.0 Å². The van der Waals surface area contributed by atoms with Crippen molar-refractivity contribution in [1.82, 2.24) is 5.32 Å². The maximum absolute atomic E-state index is 13.2. The van der Waals surface area contributed by atoms with Crippen molar-refractivity contribution in [2.24, 2.45) is 0 Å². The maximum Gasteiger partial charge on any atom is 0.270 e. The van der Waals surface area contributed by atoms with Crippen LogP contribution < -0.4 is 10.2 Å². The molecule has 4 rings (SSSR count). The molecule has 2 aromatic carbocycles. The van der Waals surface area contributed by atoms with Crippen LogP contribution in [0.25, 0.3) is 17.4 Å². The van der Waals surface area contributed by atoms with Gasteiger partial charge in [-0.3, -0.25) is 19.8 Å². The van der Waals surface area contributed by atoms with Crippen LogP contribution in [0.1, 0.15) is 36.7 Å². The molecule has 1 aliphatic rings. The highest BCUT2D eigenvalue weighted by Crippen LogP contribution is 2.30. The summed E-state index contributed by atoms with van der Waals surface area (Å²) < 4.78 is 5.90. The van der Waals surface area contributed by atoms with Gasteiger partial charge in [0.15, 0.2) is 5.11 Å². The summed E-state index contributed by atoms with van der Waals surface area (Å²) in [5.74, 6) is 0.261. The van der Waals surface area contributed by atoms with Gasteiger partial charge < -0.3 is 4.42 Å². The highest BCUT2D eigenvalue weighted by molar-refractivity contribution is 7.80. The predicted molar refractivity (Wildman–Crippen MR) is 131 cm³/mol. The Hall–Kier alpha value is -3.22. The van der Waals surface area contributed by atoms with Crippen LogP contribution in [0.3, 0.4) is 0 Å². The van der Waals surface area contributed by atoms with E-state index in [1.54, 1.807) is 12.1 Å². The SMILES string of the molecule is Cc1ccc(Cl)cc1-c1ccc(/C=C2\C(=O)NC(=S)N(c3ccc(C(C)C)cc3)C2=O)o1. The Balaban J connectivity index is 1.66. The zero-order valence-electron chi connectivity index (χ0n) is 17.8. The Kier molecular flexibility index (Phi) is 6.00. The first kappa shape index (κ1) is 22.0. The fourth-order valence-corrected chi connectivity index (χ4v) is 3.93. The molecular formula is C25H21ClN2O3S. The summed E-state index contributed by atoms with van der Waals surface area (Å²) in [5.41, 5.74) is 3.51. The molecule has 1 aliphatic heterocycles. The van der Waals surface area contributed by atoms with Crippen molar-refractivity contribution in [3.63, 3.8) is 0 Å². The topological polar surface area (TPSA) is 62.6 Å². The molecule has 1 fully saturated rings. The number of hydrogen-bond donors (Lipinski definition) is 1. The Bertz CT molecular complexity index is 1260. The minimum absolute atomic E-state index is 0.0455. The third kappa shape index (κ3) is 4.24. The number of amides is 2. The van der Waals surface area contributed by atoms with E-state index in [-0.39, 0.29) is 10.7 Å². The summed E-state index contributed by atoms with van der Waals surface area (Å²) in [6.07, 6.45) is 1.43. The first-order valence-corrected chi connectivity index (χ1v) is 10.9. The van der Waals surface area contributed by atoms with Gasteiger partial charge in [0.05, 0.1) is 5.69 Å². The first-order chi connectivity index (χ1) is 15.2. The molecule has 2 heterocycles. The van der Waals surface area contributed by atoms with Crippen LogP contribution in [-0.2, 0) is 9.59 Å². The van der Waals surface area contributed by atoms with E-state index in [2.05, 4.69) is 19.2 Å². The van der Waals surface area contributed by atoms with E-state index >= 15 is 0 Å². The number of nitrogens with zero attached hydrogens (tertiary/aromatic N) is 1. The van der Waals surface area contributed by atoms with Gasteiger partial charge in [-0.2, -0.15) is 0 Å². The first-order valence-electron chi connectivity index (χ1n) is 10.1. The standard InChI is InChI=1S/C25H21ClN2O3S/c1-14(2)16-5-8-18(9-6-16)28-24(30)21(23(29)27-25(28)32)13-19-10-11-22(31-19)20-12-17(26)7-4-15(20)3/h4-14H,1-3H3,(H,27,29,32)/b21-13+. The van der Waals surface area contributed by atoms with Crippen LogP contribution in [-0.4, -0.2) is 16.9 Å². The second kappa shape index (κ2) is 8.73. The minimum Gasteiger partial charge on any atom is -0.457 e. The number of anilines is 1. The molecule has 2 amide bonds. The molecule has 0 spiro atoms. The van der Waals surface area contributed by atoms with E-state index in [0.717, 1.165) is 16.7 Å². The summed E-state index contributed by atoms with van der Waals surface area (Å²) in [7, 11) is 0. The smallest absolute Gasteiger partial charge is 0.270 e. The number of benzene rings is 2. The molecule has 0 radical (unpaired) electrons. The molecule has 1 N–H and O–H groups in total. The quantitative estimate of drug-likeness (QED) is 0.298. The van der Waals surface area contributed by atoms with Gasteiger partial charge in [-0.25, -0.2) is 0 Å². The molecule has 0 atom stereocenters. The van der Waals surface area contributed by atoms with Crippen molar-refractivity contribution in [3.8, 4) is 11.3 Å². The number of aryl methyl sites for hydroxylation is 1. The van der Waals surface area contributed by atoms with E-state index in [1.165, 1.54) is 11.0 Å². The van der Waals surface area contributed by atoms with Crippen LogP contribution in [0, 0.1) is 6.92 Å². The summed E-state index contributed by atoms with van der Waals surface area (Å²) in [5, 5.41) is 3.23. The molecule has 1 saturated heterocycles.